The van der Waals surface area contributed by atoms with Gasteiger partial charge in [-0.1, -0.05) is 30.0 Å². The number of amides is 1. The van der Waals surface area contributed by atoms with E-state index in [0.29, 0.717) is 52.1 Å². The Morgan fingerprint density at radius 1 is 1.11 bits per heavy atom. The molecule has 11 heteroatoms. The van der Waals surface area contributed by atoms with Crippen molar-refractivity contribution in [2.24, 2.45) is 0 Å². The summed E-state index contributed by atoms with van der Waals surface area (Å²) in [6.07, 6.45) is 3.31. The van der Waals surface area contributed by atoms with E-state index in [1.54, 1.807) is 25.3 Å². The zero-order chi connectivity index (χ0) is 25.0. The van der Waals surface area contributed by atoms with E-state index in [1.165, 1.54) is 17.8 Å². The fraction of sp³-hybridized carbons (Fsp3) is 0.250. The number of rotatable bonds is 12. The molecule has 9 nitrogen and oxygen atoms in total. The minimum Gasteiger partial charge on any atom is -0.493 e. The maximum atomic E-state index is 12.5. The molecule has 0 fully saturated rings. The maximum Gasteiger partial charge on any atom is 0.268 e. The molecule has 35 heavy (non-hydrogen) atoms. The van der Waals surface area contributed by atoms with Crippen LogP contribution < -0.4 is 24.3 Å². The van der Waals surface area contributed by atoms with Crippen LogP contribution in [0.15, 0.2) is 53.2 Å². The van der Waals surface area contributed by atoms with Crippen LogP contribution in [-0.4, -0.2) is 48.5 Å². The standard InChI is InChI=1S/C24H24N4O5S2/c1-4-31-21-14-16(13-17(15-25)22(29)26-23-27-24(34-3)28-35-23)9-10-20(21)33-12-11-32-19-8-6-5-7-18(19)30-2/h5-10,13-14H,4,11-12H2,1-3H3,(H,26,27,28,29)/b17-13-. The average Bonchev–Trinajstić information content (AvgIpc) is 3.34. The first-order valence-electron chi connectivity index (χ1n) is 10.5. The van der Waals surface area contributed by atoms with Crippen molar-refractivity contribution in [2.75, 3.05) is 38.5 Å². The summed E-state index contributed by atoms with van der Waals surface area (Å²) in [6, 6.07) is 14.5. The highest BCUT2D eigenvalue weighted by molar-refractivity contribution is 7.98. The molecular weight excluding hydrogens is 488 g/mol. The number of aromatic nitrogens is 2. The number of hydrogen-bond acceptors (Lipinski definition) is 10. The largest absolute Gasteiger partial charge is 0.493 e. The number of hydrogen-bond donors (Lipinski definition) is 1. The predicted octanol–water partition coefficient (Wildman–Crippen LogP) is 4.67. The highest BCUT2D eigenvalue weighted by Gasteiger charge is 2.14. The van der Waals surface area contributed by atoms with Crippen LogP contribution >= 0.6 is 23.3 Å². The van der Waals surface area contributed by atoms with E-state index >= 15 is 0 Å². The summed E-state index contributed by atoms with van der Waals surface area (Å²) in [5, 5.41) is 13.0. The second-order valence-electron chi connectivity index (χ2n) is 6.70. The van der Waals surface area contributed by atoms with E-state index in [1.807, 2.05) is 43.5 Å². The van der Waals surface area contributed by atoms with E-state index in [4.69, 9.17) is 18.9 Å². The summed E-state index contributed by atoms with van der Waals surface area (Å²) in [7, 11) is 1.59. The van der Waals surface area contributed by atoms with Gasteiger partial charge in [-0.2, -0.15) is 14.6 Å². The number of benzene rings is 2. The highest BCUT2D eigenvalue weighted by Crippen LogP contribution is 2.30. The minimum atomic E-state index is -0.567. The third kappa shape index (κ3) is 7.37. The normalized spacial score (nSPS) is 10.9. The quantitative estimate of drug-likeness (QED) is 0.160. The number of carbonyl (C=O) groups is 1. The summed E-state index contributed by atoms with van der Waals surface area (Å²) >= 11 is 2.42. The maximum absolute atomic E-state index is 12.5. The molecule has 0 atom stereocenters. The van der Waals surface area contributed by atoms with Crippen molar-refractivity contribution in [2.45, 2.75) is 12.1 Å². The lowest BCUT2D eigenvalue weighted by atomic mass is 10.1. The van der Waals surface area contributed by atoms with Gasteiger partial charge in [0.2, 0.25) is 10.3 Å². The number of anilines is 1. The smallest absolute Gasteiger partial charge is 0.268 e. The predicted molar refractivity (Wildman–Crippen MR) is 136 cm³/mol. The van der Waals surface area contributed by atoms with E-state index < -0.39 is 5.91 Å². The third-order valence-electron chi connectivity index (χ3n) is 4.42. The molecular formula is C24H24N4O5S2. The van der Waals surface area contributed by atoms with Gasteiger partial charge in [-0.15, -0.1) is 0 Å². The first-order chi connectivity index (χ1) is 17.1. The molecule has 182 valence electrons. The number of para-hydroxylation sites is 2. The van der Waals surface area contributed by atoms with E-state index in [2.05, 4.69) is 14.7 Å². The molecule has 0 bridgehead atoms. The molecule has 1 amide bonds. The molecule has 1 aromatic heterocycles. The van der Waals surface area contributed by atoms with E-state index in [9.17, 15) is 10.1 Å². The first-order valence-corrected chi connectivity index (χ1v) is 12.5. The summed E-state index contributed by atoms with van der Waals surface area (Å²) < 4.78 is 26.6. The van der Waals surface area contributed by atoms with Gasteiger partial charge in [0.05, 0.1) is 13.7 Å². The number of carbonyl (C=O) groups excluding carboxylic acids is 1. The molecule has 0 spiro atoms. The van der Waals surface area contributed by atoms with Gasteiger partial charge in [0, 0.05) is 11.5 Å². The van der Waals surface area contributed by atoms with Crippen molar-refractivity contribution in [1.82, 2.24) is 9.36 Å². The lowest BCUT2D eigenvalue weighted by molar-refractivity contribution is -0.112. The molecule has 0 saturated carbocycles. The fourth-order valence-corrected chi connectivity index (χ4v) is 3.99. The first kappa shape index (κ1) is 25.9. The Morgan fingerprint density at radius 3 is 2.46 bits per heavy atom. The molecule has 0 saturated heterocycles. The van der Waals surface area contributed by atoms with Crippen molar-refractivity contribution >= 4 is 40.4 Å². The Kier molecular flexibility index (Phi) is 9.77. The van der Waals surface area contributed by atoms with Crippen molar-refractivity contribution in [3.63, 3.8) is 0 Å². The number of nitrogens with one attached hydrogen (secondary N) is 1. The molecule has 3 rings (SSSR count). The average molecular weight is 513 g/mol. The monoisotopic (exact) mass is 512 g/mol. The topological polar surface area (TPSA) is 116 Å². The number of thioether (sulfide) groups is 1. The third-order valence-corrected chi connectivity index (χ3v) is 5.72. The van der Waals surface area contributed by atoms with E-state index in [-0.39, 0.29) is 12.2 Å². The van der Waals surface area contributed by atoms with Gasteiger partial charge in [-0.3, -0.25) is 10.1 Å². The van der Waals surface area contributed by atoms with Crippen LogP contribution in [-0.2, 0) is 4.79 Å². The van der Waals surface area contributed by atoms with Crippen LogP contribution in [0.3, 0.4) is 0 Å². The van der Waals surface area contributed by atoms with Gasteiger partial charge in [-0.25, -0.2) is 0 Å². The molecule has 3 aromatic rings. The zero-order valence-corrected chi connectivity index (χ0v) is 21.1. The Balaban J connectivity index is 1.66. The molecule has 0 aliphatic carbocycles. The lowest BCUT2D eigenvalue weighted by Gasteiger charge is -2.14. The lowest BCUT2D eigenvalue weighted by Crippen LogP contribution is -2.13. The Bertz CT molecular complexity index is 1220. The van der Waals surface area contributed by atoms with Crippen LogP contribution in [0.25, 0.3) is 6.08 Å². The Labute approximate surface area is 211 Å². The fourth-order valence-electron chi connectivity index (χ4n) is 2.87. The number of nitriles is 1. The second-order valence-corrected chi connectivity index (χ2v) is 8.22. The summed E-state index contributed by atoms with van der Waals surface area (Å²) in [5.74, 6) is 1.72. The number of nitrogens with zero attached hydrogens (tertiary/aromatic N) is 3. The van der Waals surface area contributed by atoms with Crippen LogP contribution in [0.2, 0.25) is 0 Å². The number of methoxy groups -OCH3 is 1. The minimum absolute atomic E-state index is 0.0766. The van der Waals surface area contributed by atoms with Crippen molar-refractivity contribution in [3.05, 3.63) is 53.6 Å². The Morgan fingerprint density at radius 2 is 1.83 bits per heavy atom. The summed E-state index contributed by atoms with van der Waals surface area (Å²) in [6.45, 7) is 2.85. The zero-order valence-electron chi connectivity index (χ0n) is 19.4. The van der Waals surface area contributed by atoms with Crippen LogP contribution in [0.1, 0.15) is 12.5 Å². The molecule has 1 N–H and O–H groups in total. The molecule has 0 radical (unpaired) electrons. The van der Waals surface area contributed by atoms with Crippen molar-refractivity contribution in [3.8, 4) is 29.1 Å². The second kappa shape index (κ2) is 13.2. The van der Waals surface area contributed by atoms with Gasteiger partial charge < -0.3 is 18.9 Å². The Hall–Kier alpha value is -3.75. The molecule has 2 aromatic carbocycles. The SMILES string of the molecule is CCOc1cc(/C=C(/C#N)C(=O)Nc2nc(SC)ns2)ccc1OCCOc1ccccc1OC. The summed E-state index contributed by atoms with van der Waals surface area (Å²) in [4.78, 5) is 16.7. The molecule has 0 unspecified atom stereocenters. The molecule has 0 aliphatic rings. The van der Waals surface area contributed by atoms with Crippen molar-refractivity contribution in [1.29, 1.82) is 5.26 Å². The van der Waals surface area contributed by atoms with Gasteiger partial charge >= 0.3 is 0 Å². The van der Waals surface area contributed by atoms with Gasteiger partial charge in [0.1, 0.15) is 24.9 Å². The summed E-state index contributed by atoms with van der Waals surface area (Å²) in [5.41, 5.74) is 0.534. The van der Waals surface area contributed by atoms with Crippen LogP contribution in [0, 0.1) is 11.3 Å². The van der Waals surface area contributed by atoms with Gasteiger partial charge in [0.15, 0.2) is 23.0 Å². The molecule has 0 aliphatic heterocycles. The van der Waals surface area contributed by atoms with E-state index in [0.717, 1.165) is 11.5 Å². The van der Waals surface area contributed by atoms with Gasteiger partial charge in [-0.05, 0) is 49.1 Å². The van der Waals surface area contributed by atoms with Crippen LogP contribution in [0.4, 0.5) is 5.13 Å². The molecule has 1 heterocycles. The highest BCUT2D eigenvalue weighted by atomic mass is 32.2. The van der Waals surface area contributed by atoms with Crippen LogP contribution in [0.5, 0.6) is 23.0 Å². The van der Waals surface area contributed by atoms with Gasteiger partial charge in [0.25, 0.3) is 5.91 Å². The van der Waals surface area contributed by atoms with Crippen molar-refractivity contribution < 1.29 is 23.7 Å². The number of ether oxygens (including phenoxy) is 4.